The minimum atomic E-state index is -0.338. The van der Waals surface area contributed by atoms with Crippen LogP contribution in [0.1, 0.15) is 25.0 Å². The van der Waals surface area contributed by atoms with Gasteiger partial charge >= 0.3 is 6.03 Å². The van der Waals surface area contributed by atoms with Gasteiger partial charge in [0.15, 0.2) is 5.17 Å². The topological polar surface area (TPSA) is 102 Å². The zero-order chi connectivity index (χ0) is 22.0. The van der Waals surface area contributed by atoms with E-state index in [1.54, 1.807) is 36.9 Å². The summed E-state index contributed by atoms with van der Waals surface area (Å²) in [5.41, 5.74) is 4.13. The van der Waals surface area contributed by atoms with Gasteiger partial charge < -0.3 is 9.64 Å². The number of aliphatic imine (C=N–C) groups is 2. The number of hydrogen-bond donors (Lipinski definition) is 1. The maximum Gasteiger partial charge on any atom is 0.346 e. The predicted octanol–water partition coefficient (Wildman–Crippen LogP) is 3.67. The Hall–Kier alpha value is -3.19. The van der Waals surface area contributed by atoms with Gasteiger partial charge in [0.05, 0.1) is 30.6 Å². The molecule has 8 nitrogen and oxygen atoms in total. The van der Waals surface area contributed by atoms with Gasteiger partial charge in [-0.05, 0) is 55.5 Å². The number of benzene rings is 1. The van der Waals surface area contributed by atoms with E-state index in [-0.39, 0.29) is 6.03 Å². The van der Waals surface area contributed by atoms with E-state index in [1.165, 1.54) is 11.8 Å². The van der Waals surface area contributed by atoms with Crippen LogP contribution in [0.4, 0.5) is 4.79 Å². The molecule has 1 N–H and O–H groups in total. The second kappa shape index (κ2) is 8.89. The van der Waals surface area contributed by atoms with Gasteiger partial charge in [0.2, 0.25) is 0 Å². The molecule has 3 aliphatic heterocycles. The first-order chi connectivity index (χ1) is 15.0. The van der Waals surface area contributed by atoms with Crippen molar-refractivity contribution in [1.82, 2.24) is 9.96 Å². The van der Waals surface area contributed by atoms with Gasteiger partial charge in [-0.15, -0.1) is 0 Å². The van der Waals surface area contributed by atoms with Crippen molar-refractivity contribution in [3.63, 3.8) is 0 Å². The largest absolute Gasteiger partial charge is 0.378 e. The minimum Gasteiger partial charge on any atom is -0.378 e. The lowest BCUT2D eigenvalue weighted by Crippen LogP contribution is -2.39. The van der Waals surface area contributed by atoms with Crippen molar-refractivity contribution in [2.75, 3.05) is 26.3 Å². The van der Waals surface area contributed by atoms with Gasteiger partial charge in [0.1, 0.15) is 0 Å². The normalized spacial score (nSPS) is 20.5. The summed E-state index contributed by atoms with van der Waals surface area (Å²) in [6, 6.07) is 8.98. The fraction of sp³-hybridized carbons (Fsp3) is 0.273. The summed E-state index contributed by atoms with van der Waals surface area (Å²) >= 11 is 1.31. The van der Waals surface area contributed by atoms with E-state index in [1.807, 2.05) is 18.2 Å². The molecule has 0 spiro atoms. The monoisotopic (exact) mass is 435 g/mol. The lowest BCUT2D eigenvalue weighted by atomic mass is 10.0. The van der Waals surface area contributed by atoms with Gasteiger partial charge in [0.25, 0.3) is 0 Å². The average molecular weight is 436 g/mol. The summed E-state index contributed by atoms with van der Waals surface area (Å²) in [6.45, 7) is 5.62. The van der Waals surface area contributed by atoms with Gasteiger partial charge in [-0.1, -0.05) is 12.1 Å². The number of nitrogens with zero attached hydrogens (tertiary/aromatic N) is 5. The van der Waals surface area contributed by atoms with Crippen LogP contribution in [-0.2, 0) is 4.74 Å². The van der Waals surface area contributed by atoms with Gasteiger partial charge in [-0.2, -0.15) is 10.3 Å². The maximum atomic E-state index is 12.6. The molecule has 31 heavy (non-hydrogen) atoms. The quantitative estimate of drug-likeness (QED) is 0.722. The van der Waals surface area contributed by atoms with E-state index < -0.39 is 0 Å². The van der Waals surface area contributed by atoms with Crippen molar-refractivity contribution in [1.29, 1.82) is 5.26 Å². The molecule has 2 amide bonds. The second-order valence-corrected chi connectivity index (χ2v) is 8.18. The fourth-order valence-corrected chi connectivity index (χ4v) is 4.35. The Morgan fingerprint density at radius 3 is 2.65 bits per heavy atom. The summed E-state index contributed by atoms with van der Waals surface area (Å²) in [6.07, 6.45) is 3.71. The summed E-state index contributed by atoms with van der Waals surface area (Å²) in [5.74, 6) is 0. The zero-order valence-corrected chi connectivity index (χ0v) is 18.0. The minimum absolute atomic E-state index is 0.338. The number of allylic oxidation sites excluding steroid dienone is 6. The number of thioether (sulfide) groups is 1. The molecule has 0 bridgehead atoms. The van der Waals surface area contributed by atoms with E-state index in [2.05, 4.69) is 16.1 Å². The Morgan fingerprint density at radius 2 is 1.97 bits per heavy atom. The molecule has 1 fully saturated rings. The third kappa shape index (κ3) is 4.46. The summed E-state index contributed by atoms with van der Waals surface area (Å²) in [4.78, 5) is 23.9. The SMILES string of the molecule is CC1=CC(=C2SC(=NC(=O)N3CCOCC3)N=C2c2cccc(C#N)c2)C=C(C)N1O. The van der Waals surface area contributed by atoms with Crippen molar-refractivity contribution in [2.24, 2.45) is 9.98 Å². The molecular formula is C22H21N5O3S. The molecule has 158 valence electrons. The van der Waals surface area contributed by atoms with Crippen LogP contribution >= 0.6 is 11.8 Å². The van der Waals surface area contributed by atoms with Crippen LogP contribution in [0.5, 0.6) is 0 Å². The highest BCUT2D eigenvalue weighted by Gasteiger charge is 2.27. The number of hydrogen-bond acceptors (Lipinski definition) is 6. The number of amides is 2. The van der Waals surface area contributed by atoms with E-state index in [0.29, 0.717) is 54.1 Å². The van der Waals surface area contributed by atoms with Gasteiger partial charge in [0, 0.05) is 35.0 Å². The number of amidine groups is 1. The number of carbonyl (C=O) groups excluding carboxylic acids is 1. The molecular weight excluding hydrogens is 414 g/mol. The predicted molar refractivity (Wildman–Crippen MR) is 119 cm³/mol. The third-order valence-corrected chi connectivity index (χ3v) is 6.01. The molecule has 0 unspecified atom stereocenters. The lowest BCUT2D eigenvalue weighted by Gasteiger charge is -2.24. The summed E-state index contributed by atoms with van der Waals surface area (Å²) in [5, 5.41) is 20.8. The molecule has 1 saturated heterocycles. The van der Waals surface area contributed by atoms with Crippen molar-refractivity contribution in [3.05, 3.63) is 69.4 Å². The molecule has 0 aromatic heterocycles. The number of nitriles is 1. The fourth-order valence-electron chi connectivity index (χ4n) is 3.41. The molecule has 4 rings (SSSR count). The van der Waals surface area contributed by atoms with Crippen molar-refractivity contribution < 1.29 is 14.7 Å². The van der Waals surface area contributed by atoms with Crippen LogP contribution in [0.15, 0.2) is 68.3 Å². The molecule has 0 aliphatic carbocycles. The highest BCUT2D eigenvalue weighted by Crippen LogP contribution is 2.37. The van der Waals surface area contributed by atoms with Gasteiger partial charge in [-0.3, -0.25) is 5.21 Å². The summed E-state index contributed by atoms with van der Waals surface area (Å²) < 4.78 is 5.30. The van der Waals surface area contributed by atoms with Crippen molar-refractivity contribution in [2.45, 2.75) is 13.8 Å². The molecule has 0 atom stereocenters. The van der Waals surface area contributed by atoms with E-state index >= 15 is 0 Å². The molecule has 9 heteroatoms. The Balaban J connectivity index is 1.77. The van der Waals surface area contributed by atoms with Crippen LogP contribution in [0, 0.1) is 11.3 Å². The molecule has 1 aromatic rings. The highest BCUT2D eigenvalue weighted by molar-refractivity contribution is 8.18. The number of ether oxygens (including phenoxy) is 1. The molecule has 3 heterocycles. The maximum absolute atomic E-state index is 12.6. The van der Waals surface area contributed by atoms with Crippen LogP contribution < -0.4 is 0 Å². The van der Waals surface area contributed by atoms with E-state index in [9.17, 15) is 15.3 Å². The van der Waals surface area contributed by atoms with Gasteiger partial charge in [-0.25, -0.2) is 14.9 Å². The number of carbonyl (C=O) groups is 1. The molecule has 3 aliphatic rings. The average Bonchev–Trinajstić information content (AvgIpc) is 3.21. The molecule has 0 radical (unpaired) electrons. The van der Waals surface area contributed by atoms with Crippen molar-refractivity contribution in [3.8, 4) is 6.07 Å². The standard InChI is InChI=1S/C22H21N5O3S/c1-14-10-18(11-15(2)27(14)29)20-19(17-5-3-4-16(12-17)13-23)24-21(31-20)25-22(28)26-6-8-30-9-7-26/h3-5,10-12,29H,6-9H2,1-2H3. The number of urea groups is 1. The Bertz CT molecular complexity index is 1100. The zero-order valence-electron chi connectivity index (χ0n) is 17.2. The number of hydroxylamine groups is 2. The highest BCUT2D eigenvalue weighted by atomic mass is 32.2. The molecule has 0 saturated carbocycles. The van der Waals surface area contributed by atoms with Crippen molar-refractivity contribution >= 4 is 28.7 Å². The smallest absolute Gasteiger partial charge is 0.346 e. The summed E-state index contributed by atoms with van der Waals surface area (Å²) in [7, 11) is 0. The Kier molecular flexibility index (Phi) is 6.04. The molecule has 1 aromatic carbocycles. The van der Waals surface area contributed by atoms with Crippen LogP contribution in [0.3, 0.4) is 0 Å². The first-order valence-corrected chi connectivity index (χ1v) is 10.6. The van der Waals surface area contributed by atoms with E-state index in [4.69, 9.17) is 4.74 Å². The number of morpholine rings is 1. The van der Waals surface area contributed by atoms with E-state index in [0.717, 1.165) is 21.1 Å². The van der Waals surface area contributed by atoms with Crippen LogP contribution in [0.2, 0.25) is 0 Å². The lowest BCUT2D eigenvalue weighted by molar-refractivity contribution is -0.0195. The Morgan fingerprint density at radius 1 is 1.26 bits per heavy atom. The van der Waals surface area contributed by atoms with Crippen LogP contribution in [-0.4, -0.2) is 58.4 Å². The van der Waals surface area contributed by atoms with Crippen LogP contribution in [0.25, 0.3) is 0 Å². The third-order valence-electron chi connectivity index (χ3n) is 5.01. The number of rotatable bonds is 1. The first kappa shape index (κ1) is 21.1. The second-order valence-electron chi connectivity index (χ2n) is 7.20. The Labute approximate surface area is 184 Å². The first-order valence-electron chi connectivity index (χ1n) is 9.79.